The molecule has 0 aliphatic carbocycles. The second-order valence-electron chi connectivity index (χ2n) is 5.03. The summed E-state index contributed by atoms with van der Waals surface area (Å²) >= 11 is 0. The van der Waals surface area contributed by atoms with Gasteiger partial charge in [-0.1, -0.05) is 19.9 Å². The average Bonchev–Trinajstić information content (AvgIpc) is 2.59. The highest BCUT2D eigenvalue weighted by Gasteiger charge is 2.12. The van der Waals surface area contributed by atoms with Crippen LogP contribution in [0.1, 0.15) is 37.0 Å². The Morgan fingerprint density at radius 3 is 2.43 bits per heavy atom. The maximum absolute atomic E-state index is 12.3. The minimum atomic E-state index is -0.230. The van der Waals surface area contributed by atoms with Crippen LogP contribution in [0.4, 0.5) is 5.82 Å². The number of nitrogens with zero attached hydrogens (tertiary/aromatic N) is 1. The van der Waals surface area contributed by atoms with Crippen LogP contribution in [0.2, 0.25) is 0 Å². The SMILES string of the molecule is CCCOc1ccc(C(=O)Nc2ccccn2)cc1OCCC. The molecule has 5 nitrogen and oxygen atoms in total. The summed E-state index contributed by atoms with van der Waals surface area (Å²) in [6, 6.07) is 10.6. The number of pyridine rings is 1. The van der Waals surface area contributed by atoms with Crippen LogP contribution in [0.25, 0.3) is 0 Å². The molecular weight excluding hydrogens is 292 g/mol. The highest BCUT2D eigenvalue weighted by molar-refractivity contribution is 6.04. The molecule has 0 saturated heterocycles. The van der Waals surface area contributed by atoms with Gasteiger partial charge in [0.05, 0.1) is 13.2 Å². The molecule has 1 amide bonds. The van der Waals surface area contributed by atoms with Gasteiger partial charge < -0.3 is 14.8 Å². The number of nitrogens with one attached hydrogen (secondary N) is 1. The van der Waals surface area contributed by atoms with Crippen LogP contribution in [-0.2, 0) is 0 Å². The molecule has 5 heteroatoms. The predicted octanol–water partition coefficient (Wildman–Crippen LogP) is 3.91. The Hall–Kier alpha value is -2.56. The largest absolute Gasteiger partial charge is 0.490 e. The lowest BCUT2D eigenvalue weighted by atomic mass is 10.2. The van der Waals surface area contributed by atoms with Gasteiger partial charge in [0.25, 0.3) is 5.91 Å². The molecule has 0 bridgehead atoms. The van der Waals surface area contributed by atoms with E-state index in [1.807, 2.05) is 19.9 Å². The van der Waals surface area contributed by atoms with Crippen LogP contribution < -0.4 is 14.8 Å². The summed E-state index contributed by atoms with van der Waals surface area (Å²) in [6.45, 7) is 5.27. The molecule has 2 aromatic rings. The zero-order chi connectivity index (χ0) is 16.5. The van der Waals surface area contributed by atoms with Crippen molar-refractivity contribution in [2.24, 2.45) is 0 Å². The molecule has 1 aromatic carbocycles. The van der Waals surface area contributed by atoms with E-state index in [0.29, 0.717) is 36.1 Å². The van der Waals surface area contributed by atoms with Crippen molar-refractivity contribution in [2.75, 3.05) is 18.5 Å². The van der Waals surface area contributed by atoms with E-state index in [0.717, 1.165) is 12.8 Å². The Kier molecular flexibility index (Phi) is 6.41. The number of aromatic nitrogens is 1. The second kappa shape index (κ2) is 8.78. The molecule has 0 aliphatic rings. The zero-order valence-corrected chi connectivity index (χ0v) is 13.5. The number of rotatable bonds is 8. The van der Waals surface area contributed by atoms with E-state index >= 15 is 0 Å². The Morgan fingerprint density at radius 1 is 1.04 bits per heavy atom. The number of anilines is 1. The van der Waals surface area contributed by atoms with E-state index in [-0.39, 0.29) is 5.91 Å². The maximum atomic E-state index is 12.3. The third-order valence-corrected chi connectivity index (χ3v) is 3.04. The Bertz CT molecular complexity index is 629. The van der Waals surface area contributed by atoms with E-state index in [4.69, 9.17) is 9.47 Å². The molecule has 23 heavy (non-hydrogen) atoms. The molecule has 0 unspecified atom stereocenters. The van der Waals surface area contributed by atoms with Crippen molar-refractivity contribution in [3.63, 3.8) is 0 Å². The highest BCUT2D eigenvalue weighted by atomic mass is 16.5. The van der Waals surface area contributed by atoms with Crippen LogP contribution in [0.5, 0.6) is 11.5 Å². The number of hydrogen-bond donors (Lipinski definition) is 1. The zero-order valence-electron chi connectivity index (χ0n) is 13.5. The first-order chi connectivity index (χ1) is 11.2. The second-order valence-corrected chi connectivity index (χ2v) is 5.03. The molecule has 1 heterocycles. The summed E-state index contributed by atoms with van der Waals surface area (Å²) < 4.78 is 11.4. The molecule has 0 saturated carbocycles. The van der Waals surface area contributed by atoms with Crippen LogP contribution in [0.3, 0.4) is 0 Å². The third kappa shape index (κ3) is 4.98. The van der Waals surface area contributed by atoms with Crippen molar-refractivity contribution in [3.8, 4) is 11.5 Å². The molecule has 0 aliphatic heterocycles. The minimum Gasteiger partial charge on any atom is -0.490 e. The van der Waals surface area contributed by atoms with E-state index in [1.165, 1.54) is 0 Å². The number of amides is 1. The molecule has 0 spiro atoms. The minimum absolute atomic E-state index is 0.230. The first-order valence-electron chi connectivity index (χ1n) is 7.86. The number of benzene rings is 1. The smallest absolute Gasteiger partial charge is 0.256 e. The normalized spacial score (nSPS) is 10.2. The molecule has 1 N–H and O–H groups in total. The fraction of sp³-hybridized carbons (Fsp3) is 0.333. The summed E-state index contributed by atoms with van der Waals surface area (Å²) in [7, 11) is 0. The summed E-state index contributed by atoms with van der Waals surface area (Å²) in [4.78, 5) is 16.4. The van der Waals surface area contributed by atoms with Gasteiger partial charge in [-0.3, -0.25) is 4.79 Å². The van der Waals surface area contributed by atoms with Crippen molar-refractivity contribution in [1.29, 1.82) is 0 Å². The lowest BCUT2D eigenvalue weighted by Gasteiger charge is -2.13. The van der Waals surface area contributed by atoms with Gasteiger partial charge in [0.15, 0.2) is 11.5 Å². The Labute approximate surface area is 136 Å². The molecular formula is C18H22N2O3. The summed E-state index contributed by atoms with van der Waals surface area (Å²) in [6.07, 6.45) is 3.43. The fourth-order valence-corrected chi connectivity index (χ4v) is 1.93. The van der Waals surface area contributed by atoms with E-state index in [1.54, 1.807) is 36.5 Å². The monoisotopic (exact) mass is 314 g/mol. The quantitative estimate of drug-likeness (QED) is 0.802. The van der Waals surface area contributed by atoms with Gasteiger partial charge in [0.1, 0.15) is 5.82 Å². The average molecular weight is 314 g/mol. The van der Waals surface area contributed by atoms with Crippen molar-refractivity contribution in [1.82, 2.24) is 4.98 Å². The molecule has 1 aromatic heterocycles. The van der Waals surface area contributed by atoms with Gasteiger partial charge in [-0.05, 0) is 43.2 Å². The molecule has 0 fully saturated rings. The van der Waals surface area contributed by atoms with E-state index in [2.05, 4.69) is 10.3 Å². The molecule has 2 rings (SSSR count). The van der Waals surface area contributed by atoms with E-state index in [9.17, 15) is 4.79 Å². The summed E-state index contributed by atoms with van der Waals surface area (Å²) in [5.41, 5.74) is 0.505. The van der Waals surface area contributed by atoms with Gasteiger partial charge in [-0.25, -0.2) is 4.98 Å². The Morgan fingerprint density at radius 2 is 1.78 bits per heavy atom. The van der Waals surface area contributed by atoms with Crippen molar-refractivity contribution in [3.05, 3.63) is 48.2 Å². The van der Waals surface area contributed by atoms with E-state index < -0.39 is 0 Å². The number of carbonyl (C=O) groups excluding carboxylic acids is 1. The van der Waals surface area contributed by atoms with Crippen LogP contribution >= 0.6 is 0 Å². The van der Waals surface area contributed by atoms with Gasteiger partial charge in [0, 0.05) is 11.8 Å². The first-order valence-corrected chi connectivity index (χ1v) is 7.86. The topological polar surface area (TPSA) is 60.5 Å². The van der Waals surface area contributed by atoms with Crippen molar-refractivity contribution in [2.45, 2.75) is 26.7 Å². The maximum Gasteiger partial charge on any atom is 0.256 e. The summed E-state index contributed by atoms with van der Waals surface area (Å²) in [5, 5.41) is 2.76. The van der Waals surface area contributed by atoms with Crippen molar-refractivity contribution < 1.29 is 14.3 Å². The predicted molar refractivity (Wildman–Crippen MR) is 90.2 cm³/mol. The standard InChI is InChI=1S/C18H22N2O3/c1-3-11-22-15-9-8-14(13-16(15)23-12-4-2)18(21)20-17-7-5-6-10-19-17/h5-10,13H,3-4,11-12H2,1-2H3,(H,19,20,21). The number of carbonyl (C=O) groups is 1. The Balaban J connectivity index is 2.16. The van der Waals surface area contributed by atoms with Gasteiger partial charge in [0.2, 0.25) is 0 Å². The van der Waals surface area contributed by atoms with Gasteiger partial charge in [-0.15, -0.1) is 0 Å². The third-order valence-electron chi connectivity index (χ3n) is 3.04. The summed E-state index contributed by atoms with van der Waals surface area (Å²) in [5.74, 6) is 1.54. The lowest BCUT2D eigenvalue weighted by molar-refractivity contribution is 0.102. The van der Waals surface area contributed by atoms with Crippen LogP contribution in [0, 0.1) is 0 Å². The highest BCUT2D eigenvalue weighted by Crippen LogP contribution is 2.29. The molecule has 0 atom stereocenters. The van der Waals surface area contributed by atoms with Gasteiger partial charge >= 0.3 is 0 Å². The number of hydrogen-bond acceptors (Lipinski definition) is 4. The molecule has 122 valence electrons. The first kappa shape index (κ1) is 16.8. The lowest BCUT2D eigenvalue weighted by Crippen LogP contribution is -2.13. The van der Waals surface area contributed by atoms with Gasteiger partial charge in [-0.2, -0.15) is 0 Å². The number of ether oxygens (including phenoxy) is 2. The van der Waals surface area contributed by atoms with Crippen LogP contribution in [0.15, 0.2) is 42.6 Å². The fourth-order valence-electron chi connectivity index (χ4n) is 1.93. The van der Waals surface area contributed by atoms with Crippen LogP contribution in [-0.4, -0.2) is 24.1 Å². The molecule has 0 radical (unpaired) electrons. The van der Waals surface area contributed by atoms with Crippen molar-refractivity contribution >= 4 is 11.7 Å².